The fourth-order valence-corrected chi connectivity index (χ4v) is 3.76. The minimum Gasteiger partial charge on any atom is -0.485 e. The van der Waals surface area contributed by atoms with Crippen LogP contribution in [0.5, 0.6) is 5.75 Å². The van der Waals surface area contributed by atoms with E-state index in [0.29, 0.717) is 18.0 Å². The van der Waals surface area contributed by atoms with E-state index in [1.807, 2.05) is 24.3 Å². The molecule has 0 unspecified atom stereocenters. The van der Waals surface area contributed by atoms with Crippen LogP contribution in [0.4, 0.5) is 14.5 Å². The Kier molecular flexibility index (Phi) is 5.15. The van der Waals surface area contributed by atoms with E-state index in [4.69, 9.17) is 4.74 Å². The summed E-state index contributed by atoms with van der Waals surface area (Å²) in [5.41, 5.74) is 3.48. The van der Waals surface area contributed by atoms with Gasteiger partial charge in [-0.2, -0.15) is 5.10 Å². The van der Waals surface area contributed by atoms with Crippen molar-refractivity contribution in [3.05, 3.63) is 107 Å². The molecule has 5 rings (SSSR count). The number of fused-ring (bicyclic) bond motifs is 1. The highest BCUT2D eigenvalue weighted by molar-refractivity contribution is 6.07. The number of amides is 1. The Morgan fingerprint density at radius 1 is 0.938 bits per heavy atom. The summed E-state index contributed by atoms with van der Waals surface area (Å²) in [6.45, 7) is 0.700. The number of para-hydroxylation sites is 1. The maximum absolute atomic E-state index is 13.4. The number of ether oxygens (including phenoxy) is 1. The summed E-state index contributed by atoms with van der Waals surface area (Å²) in [5, 5.41) is 4.47. The smallest absolute Gasteiger partial charge is 0.282 e. The predicted octanol–water partition coefficient (Wildman–Crippen LogP) is 4.93. The van der Waals surface area contributed by atoms with Gasteiger partial charge in [-0.15, -0.1) is 0 Å². The second-order valence-corrected chi connectivity index (χ2v) is 7.51. The Morgan fingerprint density at radius 2 is 1.62 bits per heavy atom. The van der Waals surface area contributed by atoms with E-state index in [-0.39, 0.29) is 29.8 Å². The first-order valence-corrected chi connectivity index (χ1v) is 10.2. The van der Waals surface area contributed by atoms with Crippen molar-refractivity contribution in [2.75, 3.05) is 11.4 Å². The molecule has 4 aromatic rings. The maximum atomic E-state index is 13.4. The third-order valence-electron chi connectivity index (χ3n) is 5.41. The zero-order valence-electron chi connectivity index (χ0n) is 17.0. The van der Waals surface area contributed by atoms with Gasteiger partial charge in [0.2, 0.25) is 0 Å². The monoisotopic (exact) mass is 431 g/mol. The average molecular weight is 431 g/mol. The maximum Gasteiger partial charge on any atom is 0.282 e. The predicted molar refractivity (Wildman–Crippen MR) is 116 cm³/mol. The fraction of sp³-hybridized carbons (Fsp3) is 0.120. The molecule has 1 aliphatic rings. The van der Waals surface area contributed by atoms with Gasteiger partial charge in [-0.1, -0.05) is 30.3 Å². The van der Waals surface area contributed by atoms with Crippen LogP contribution in [0, 0.1) is 11.6 Å². The zero-order valence-corrected chi connectivity index (χ0v) is 17.0. The van der Waals surface area contributed by atoms with Crippen molar-refractivity contribution >= 4 is 11.6 Å². The van der Waals surface area contributed by atoms with Crippen LogP contribution in [0.2, 0.25) is 0 Å². The highest BCUT2D eigenvalue weighted by atomic mass is 19.1. The zero-order chi connectivity index (χ0) is 22.1. The van der Waals surface area contributed by atoms with Crippen LogP contribution in [0.3, 0.4) is 0 Å². The van der Waals surface area contributed by atoms with Crippen LogP contribution in [-0.4, -0.2) is 22.2 Å². The lowest BCUT2D eigenvalue weighted by atomic mass is 10.2. The molecule has 0 fully saturated rings. The summed E-state index contributed by atoms with van der Waals surface area (Å²) in [7, 11) is 0. The normalized spacial score (nSPS) is 12.6. The largest absolute Gasteiger partial charge is 0.485 e. The molecule has 5 nitrogen and oxygen atoms in total. The first kappa shape index (κ1) is 19.9. The lowest BCUT2D eigenvalue weighted by Gasteiger charge is -2.16. The van der Waals surface area contributed by atoms with Crippen LogP contribution in [-0.2, 0) is 13.0 Å². The molecule has 1 aliphatic heterocycles. The quantitative estimate of drug-likeness (QED) is 0.450. The SMILES string of the molecule is O=C(c1nn(-c2ccc(F)cc2)cc1OCc1ccc(F)cc1)N1CCc2ccccc21. The second-order valence-electron chi connectivity index (χ2n) is 7.51. The standard InChI is InChI=1S/C25H19F2N3O2/c26-19-7-5-17(6-8-19)16-32-23-15-30(21-11-9-20(27)10-12-21)28-24(23)25(31)29-14-13-18-3-1-2-4-22(18)29/h1-12,15H,13-14,16H2. The third-order valence-corrected chi connectivity index (χ3v) is 5.41. The number of aromatic nitrogens is 2. The molecular weight excluding hydrogens is 412 g/mol. The summed E-state index contributed by atoms with van der Waals surface area (Å²) in [4.78, 5) is 15.1. The molecule has 0 atom stereocenters. The lowest BCUT2D eigenvalue weighted by Crippen LogP contribution is -2.29. The number of rotatable bonds is 5. The summed E-state index contributed by atoms with van der Waals surface area (Å²) in [6.07, 6.45) is 2.37. The molecule has 32 heavy (non-hydrogen) atoms. The van der Waals surface area contributed by atoms with Gasteiger partial charge in [0, 0.05) is 12.2 Å². The molecule has 160 valence electrons. The summed E-state index contributed by atoms with van der Waals surface area (Å²) >= 11 is 0. The van der Waals surface area contributed by atoms with Crippen molar-refractivity contribution in [2.45, 2.75) is 13.0 Å². The highest BCUT2D eigenvalue weighted by Gasteiger charge is 2.30. The van der Waals surface area contributed by atoms with Gasteiger partial charge < -0.3 is 9.64 Å². The summed E-state index contributed by atoms with van der Waals surface area (Å²) in [5.74, 6) is -0.668. The summed E-state index contributed by atoms with van der Waals surface area (Å²) in [6, 6.07) is 19.5. The molecule has 0 saturated heterocycles. The van der Waals surface area contributed by atoms with E-state index in [1.165, 1.54) is 28.9 Å². The topological polar surface area (TPSA) is 47.4 Å². The first-order valence-electron chi connectivity index (χ1n) is 10.2. The summed E-state index contributed by atoms with van der Waals surface area (Å²) < 4.78 is 34.0. The van der Waals surface area contributed by atoms with Gasteiger partial charge in [-0.3, -0.25) is 4.79 Å². The number of benzene rings is 3. The van der Waals surface area contributed by atoms with E-state index in [9.17, 15) is 13.6 Å². The molecule has 0 bridgehead atoms. The number of nitrogens with zero attached hydrogens (tertiary/aromatic N) is 3. The number of halogens is 2. The average Bonchev–Trinajstić information content (AvgIpc) is 3.43. The lowest BCUT2D eigenvalue weighted by molar-refractivity contribution is 0.0980. The van der Waals surface area contributed by atoms with Crippen LogP contribution in [0.15, 0.2) is 79.0 Å². The number of hydrogen-bond acceptors (Lipinski definition) is 3. The van der Waals surface area contributed by atoms with Crippen molar-refractivity contribution in [1.29, 1.82) is 0 Å². The van der Waals surface area contributed by atoms with Gasteiger partial charge in [-0.05, 0) is 60.0 Å². The van der Waals surface area contributed by atoms with Gasteiger partial charge in [0.1, 0.15) is 18.2 Å². The van der Waals surface area contributed by atoms with Gasteiger partial charge in [0.25, 0.3) is 5.91 Å². The van der Waals surface area contributed by atoms with Crippen LogP contribution >= 0.6 is 0 Å². The molecule has 7 heteroatoms. The molecule has 2 heterocycles. The molecule has 3 aromatic carbocycles. The van der Waals surface area contributed by atoms with Gasteiger partial charge in [0.05, 0.1) is 11.9 Å². The first-order chi connectivity index (χ1) is 15.6. The molecule has 0 radical (unpaired) electrons. The molecule has 0 aliphatic carbocycles. The number of anilines is 1. The minimum absolute atomic E-state index is 0.145. The molecule has 0 spiro atoms. The van der Waals surface area contributed by atoms with E-state index in [0.717, 1.165) is 23.2 Å². The Labute approximate surface area is 183 Å². The van der Waals surface area contributed by atoms with Gasteiger partial charge in [0.15, 0.2) is 11.4 Å². The van der Waals surface area contributed by atoms with Crippen LogP contribution in [0.25, 0.3) is 5.69 Å². The van der Waals surface area contributed by atoms with Crippen molar-refractivity contribution < 1.29 is 18.3 Å². The number of carbonyl (C=O) groups excluding carboxylic acids is 1. The number of hydrogen-bond donors (Lipinski definition) is 0. The molecular formula is C25H19F2N3O2. The third kappa shape index (κ3) is 3.85. The molecule has 0 N–H and O–H groups in total. The van der Waals surface area contributed by atoms with Crippen molar-refractivity contribution in [2.24, 2.45) is 0 Å². The molecule has 1 aromatic heterocycles. The second kappa shape index (κ2) is 8.26. The Hall–Kier alpha value is -4.00. The van der Waals surface area contributed by atoms with Crippen molar-refractivity contribution in [3.8, 4) is 11.4 Å². The number of carbonyl (C=O) groups is 1. The molecule has 1 amide bonds. The van der Waals surface area contributed by atoms with E-state index in [2.05, 4.69) is 5.10 Å². The Morgan fingerprint density at radius 3 is 2.38 bits per heavy atom. The van der Waals surface area contributed by atoms with Crippen LogP contribution < -0.4 is 9.64 Å². The van der Waals surface area contributed by atoms with Crippen molar-refractivity contribution in [3.63, 3.8) is 0 Å². The van der Waals surface area contributed by atoms with E-state index in [1.54, 1.807) is 35.4 Å². The Bertz CT molecular complexity index is 1270. The fourth-order valence-electron chi connectivity index (χ4n) is 3.76. The molecule has 0 saturated carbocycles. The van der Waals surface area contributed by atoms with Gasteiger partial charge in [-0.25, -0.2) is 13.5 Å². The van der Waals surface area contributed by atoms with Gasteiger partial charge >= 0.3 is 0 Å². The Balaban J connectivity index is 1.48. The van der Waals surface area contributed by atoms with E-state index < -0.39 is 0 Å². The highest BCUT2D eigenvalue weighted by Crippen LogP contribution is 2.31. The van der Waals surface area contributed by atoms with Crippen LogP contribution in [0.1, 0.15) is 21.6 Å². The van der Waals surface area contributed by atoms with Crippen molar-refractivity contribution in [1.82, 2.24) is 9.78 Å². The van der Waals surface area contributed by atoms with E-state index >= 15 is 0 Å². The minimum atomic E-state index is -0.362.